The summed E-state index contributed by atoms with van der Waals surface area (Å²) in [5.74, 6) is 0.526. The Morgan fingerprint density at radius 3 is 2.52 bits per heavy atom. The average molecular weight is 479 g/mol. The van der Waals surface area contributed by atoms with Crippen molar-refractivity contribution in [2.75, 3.05) is 6.54 Å². The van der Waals surface area contributed by atoms with Gasteiger partial charge in [0.15, 0.2) is 6.23 Å². The van der Waals surface area contributed by atoms with Gasteiger partial charge in [-0.2, -0.15) is 4.31 Å². The minimum absolute atomic E-state index is 0.0180. The van der Waals surface area contributed by atoms with Crippen molar-refractivity contribution in [3.63, 3.8) is 0 Å². The summed E-state index contributed by atoms with van der Waals surface area (Å²) in [6, 6.07) is 12.2. The number of nitrogens with one attached hydrogen (secondary N) is 1. The van der Waals surface area contributed by atoms with Crippen LogP contribution in [0.2, 0.25) is 0 Å². The molecule has 1 heterocycles. The fourth-order valence-corrected chi connectivity index (χ4v) is 5.53. The predicted octanol–water partition coefficient (Wildman–Crippen LogP) is 3.51. The van der Waals surface area contributed by atoms with Crippen LogP contribution in [0.15, 0.2) is 47.4 Å². The number of hydroxylamine groups is 1. The van der Waals surface area contributed by atoms with Crippen LogP contribution in [0.25, 0.3) is 0 Å². The normalized spacial score (nSPS) is 20.8. The van der Waals surface area contributed by atoms with Gasteiger partial charge in [0.1, 0.15) is 18.0 Å². The summed E-state index contributed by atoms with van der Waals surface area (Å²) in [6.45, 7) is 9.32. The van der Waals surface area contributed by atoms with E-state index in [0.29, 0.717) is 12.4 Å². The maximum atomic E-state index is 13.4. The zero-order chi connectivity index (χ0) is 24.4. The van der Waals surface area contributed by atoms with Gasteiger partial charge in [-0.25, -0.2) is 18.7 Å². The molecule has 1 saturated heterocycles. The van der Waals surface area contributed by atoms with Gasteiger partial charge in [-0.1, -0.05) is 23.8 Å². The second kappa shape index (κ2) is 9.68. The number of sulfonamides is 1. The quantitative estimate of drug-likeness (QED) is 0.482. The number of carbonyl (C=O) groups is 1. The molecule has 2 aromatic rings. The molecule has 9 nitrogen and oxygen atoms in total. The van der Waals surface area contributed by atoms with Gasteiger partial charge in [-0.3, -0.25) is 5.21 Å². The van der Waals surface area contributed by atoms with Gasteiger partial charge in [0.25, 0.3) is 0 Å². The molecule has 1 aliphatic heterocycles. The van der Waals surface area contributed by atoms with Crippen LogP contribution in [-0.2, 0) is 26.1 Å². The first-order valence-electron chi connectivity index (χ1n) is 10.5. The predicted molar refractivity (Wildman–Crippen MR) is 120 cm³/mol. The standard InChI is InChI=1S/C23H30N2O7S/c1-15-6-7-16(2)18(12-15)14-30-19-8-10-20(11-9-19)33(28,29)25-13-17(3)32-23(4,5)21(25)31-22(26)24-27/h6-12,17,21,27H,13-14H2,1-5H3,(H,24,26)/t17-,21+/m0/s1. The number of nitrogens with zero attached hydrogens (tertiary/aromatic N) is 1. The Labute approximate surface area is 194 Å². The molecular formula is C23H30N2O7S. The molecule has 0 saturated carbocycles. The van der Waals surface area contributed by atoms with E-state index in [1.807, 2.05) is 26.0 Å². The summed E-state index contributed by atoms with van der Waals surface area (Å²) in [6.07, 6.45) is -2.90. The third kappa shape index (κ3) is 5.64. The largest absolute Gasteiger partial charge is 0.489 e. The Morgan fingerprint density at radius 2 is 1.88 bits per heavy atom. The van der Waals surface area contributed by atoms with Crippen LogP contribution in [0.3, 0.4) is 0 Å². The van der Waals surface area contributed by atoms with Gasteiger partial charge in [-0.05, 0) is 70.0 Å². The van der Waals surface area contributed by atoms with Crippen molar-refractivity contribution < 1.29 is 32.6 Å². The Hall–Kier alpha value is -2.66. The summed E-state index contributed by atoms with van der Waals surface area (Å²) in [5.41, 5.74) is 3.51. The highest BCUT2D eigenvalue weighted by atomic mass is 32.2. The summed E-state index contributed by atoms with van der Waals surface area (Å²) in [5, 5.41) is 8.84. The van der Waals surface area contributed by atoms with Gasteiger partial charge >= 0.3 is 6.09 Å². The summed E-state index contributed by atoms with van der Waals surface area (Å²) >= 11 is 0. The van der Waals surface area contributed by atoms with Crippen LogP contribution in [0.4, 0.5) is 4.79 Å². The second-order valence-corrected chi connectivity index (χ2v) is 10.6. The molecule has 1 amide bonds. The number of morpholine rings is 1. The molecule has 0 unspecified atom stereocenters. The lowest BCUT2D eigenvalue weighted by molar-refractivity contribution is -0.205. The Balaban J connectivity index is 1.81. The highest BCUT2D eigenvalue weighted by molar-refractivity contribution is 7.89. The van der Waals surface area contributed by atoms with Gasteiger partial charge in [0, 0.05) is 6.54 Å². The van der Waals surface area contributed by atoms with Crippen LogP contribution in [0, 0.1) is 13.8 Å². The van der Waals surface area contributed by atoms with Crippen molar-refractivity contribution in [2.45, 2.75) is 64.1 Å². The van der Waals surface area contributed by atoms with Gasteiger partial charge in [0.05, 0.1) is 11.0 Å². The molecule has 2 atom stereocenters. The van der Waals surface area contributed by atoms with Crippen LogP contribution >= 0.6 is 0 Å². The van der Waals surface area contributed by atoms with Crippen LogP contribution < -0.4 is 10.2 Å². The zero-order valence-electron chi connectivity index (χ0n) is 19.4. The van der Waals surface area contributed by atoms with E-state index in [9.17, 15) is 13.2 Å². The van der Waals surface area contributed by atoms with Gasteiger partial charge in [-0.15, -0.1) is 0 Å². The molecule has 0 spiro atoms. The highest BCUT2D eigenvalue weighted by Gasteiger charge is 2.49. The fourth-order valence-electron chi connectivity index (χ4n) is 3.82. The SMILES string of the molecule is Cc1ccc(C)c(COc2ccc(S(=O)(=O)N3C[C@H](C)OC(C)(C)[C@H]3OC(=O)NO)cc2)c1. The molecule has 1 aliphatic rings. The topological polar surface area (TPSA) is 114 Å². The van der Waals surface area contributed by atoms with E-state index in [4.69, 9.17) is 19.4 Å². The number of aryl methyl sites for hydroxylation is 2. The maximum Gasteiger partial charge on any atom is 0.432 e. The van der Waals surface area contributed by atoms with Crippen molar-refractivity contribution in [2.24, 2.45) is 0 Å². The van der Waals surface area contributed by atoms with E-state index in [-0.39, 0.29) is 11.4 Å². The molecule has 0 aliphatic carbocycles. The molecular weight excluding hydrogens is 448 g/mol. The summed E-state index contributed by atoms with van der Waals surface area (Å²) < 4.78 is 44.7. The smallest absolute Gasteiger partial charge is 0.432 e. The fraction of sp³-hybridized carbons (Fsp3) is 0.435. The number of ether oxygens (including phenoxy) is 3. The number of carbonyl (C=O) groups excluding carboxylic acids is 1. The molecule has 10 heteroatoms. The molecule has 2 aromatic carbocycles. The number of hydrogen-bond donors (Lipinski definition) is 2. The van der Waals surface area contributed by atoms with E-state index in [1.54, 1.807) is 32.9 Å². The zero-order valence-corrected chi connectivity index (χ0v) is 20.2. The first-order valence-corrected chi connectivity index (χ1v) is 12.0. The second-order valence-electron chi connectivity index (χ2n) is 8.67. The average Bonchev–Trinajstić information content (AvgIpc) is 2.75. The Morgan fingerprint density at radius 1 is 1.21 bits per heavy atom. The lowest BCUT2D eigenvalue weighted by atomic mass is 10.0. The number of hydrogen-bond acceptors (Lipinski definition) is 7. The lowest BCUT2D eigenvalue weighted by Gasteiger charge is -2.46. The van der Waals surface area contributed by atoms with Gasteiger partial charge in [0.2, 0.25) is 10.0 Å². The highest BCUT2D eigenvalue weighted by Crippen LogP contribution is 2.33. The van der Waals surface area contributed by atoms with E-state index in [1.165, 1.54) is 17.6 Å². The van der Waals surface area contributed by atoms with E-state index in [0.717, 1.165) is 21.0 Å². The minimum Gasteiger partial charge on any atom is -0.489 e. The molecule has 3 rings (SSSR count). The van der Waals surface area contributed by atoms with E-state index < -0.39 is 34.0 Å². The molecule has 2 N–H and O–H groups in total. The summed E-state index contributed by atoms with van der Waals surface area (Å²) in [4.78, 5) is 11.7. The van der Waals surface area contributed by atoms with E-state index >= 15 is 0 Å². The number of benzene rings is 2. The molecule has 0 bridgehead atoms. The number of rotatable bonds is 6. The van der Waals surface area contributed by atoms with E-state index in [2.05, 4.69) is 6.07 Å². The molecule has 0 radical (unpaired) electrons. The van der Waals surface area contributed by atoms with Crippen LogP contribution in [0.5, 0.6) is 5.75 Å². The van der Waals surface area contributed by atoms with Crippen LogP contribution in [-0.4, -0.2) is 48.5 Å². The van der Waals surface area contributed by atoms with Crippen molar-refractivity contribution in [1.29, 1.82) is 0 Å². The molecule has 180 valence electrons. The van der Waals surface area contributed by atoms with Crippen LogP contribution in [0.1, 0.15) is 37.5 Å². The first-order chi connectivity index (χ1) is 15.4. The Kier molecular flexibility index (Phi) is 7.32. The van der Waals surface area contributed by atoms with Gasteiger partial charge < -0.3 is 14.2 Å². The first kappa shape index (κ1) is 25.0. The van der Waals surface area contributed by atoms with Crippen molar-refractivity contribution in [3.05, 3.63) is 59.2 Å². The Bertz CT molecular complexity index is 1100. The third-order valence-corrected chi connectivity index (χ3v) is 7.26. The van der Waals surface area contributed by atoms with Crippen molar-refractivity contribution in [1.82, 2.24) is 9.79 Å². The lowest BCUT2D eigenvalue weighted by Crippen LogP contribution is -2.62. The minimum atomic E-state index is -4.05. The molecule has 33 heavy (non-hydrogen) atoms. The molecule has 1 fully saturated rings. The molecule has 0 aromatic heterocycles. The van der Waals surface area contributed by atoms with Crippen molar-refractivity contribution in [3.8, 4) is 5.75 Å². The number of amides is 1. The maximum absolute atomic E-state index is 13.4. The monoisotopic (exact) mass is 478 g/mol. The van der Waals surface area contributed by atoms with Crippen molar-refractivity contribution >= 4 is 16.1 Å². The third-order valence-electron chi connectivity index (χ3n) is 5.44. The summed E-state index contributed by atoms with van der Waals surface area (Å²) in [7, 11) is -4.05.